The van der Waals surface area contributed by atoms with E-state index in [9.17, 15) is 4.79 Å². The van der Waals surface area contributed by atoms with Gasteiger partial charge in [-0.15, -0.1) is 0 Å². The number of methoxy groups -OCH3 is 1. The van der Waals surface area contributed by atoms with Gasteiger partial charge in [0.1, 0.15) is 16.7 Å². The van der Waals surface area contributed by atoms with Gasteiger partial charge in [0.15, 0.2) is 10.9 Å². The van der Waals surface area contributed by atoms with Crippen molar-refractivity contribution in [1.82, 2.24) is 14.9 Å². The number of ketones is 1. The van der Waals surface area contributed by atoms with Gasteiger partial charge in [-0.1, -0.05) is 35.5 Å². The molecule has 1 N–H and O–H groups in total. The number of hydrogen-bond acceptors (Lipinski definition) is 7. The highest BCUT2D eigenvalue weighted by molar-refractivity contribution is 9.10. The summed E-state index contributed by atoms with van der Waals surface area (Å²) < 4.78 is 21.5. The lowest BCUT2D eigenvalue weighted by molar-refractivity contribution is 0.0620. The van der Waals surface area contributed by atoms with Gasteiger partial charge in [0, 0.05) is 41.5 Å². The monoisotopic (exact) mass is 590 g/mol. The van der Waals surface area contributed by atoms with Gasteiger partial charge in [0.25, 0.3) is 0 Å². The van der Waals surface area contributed by atoms with E-state index in [4.69, 9.17) is 21.3 Å². The number of nitrogens with zero attached hydrogens (tertiary/aromatic N) is 3. The average molecular weight is 592 g/mol. The molecule has 1 aromatic heterocycles. The van der Waals surface area contributed by atoms with Crippen molar-refractivity contribution in [2.24, 2.45) is 0 Å². The first-order valence-electron chi connectivity index (χ1n) is 11.5. The molecule has 3 aromatic rings. The molecule has 0 saturated carbocycles. The Morgan fingerprint density at radius 2 is 2.06 bits per heavy atom. The molecule has 36 heavy (non-hydrogen) atoms. The Bertz CT molecular complexity index is 1360. The van der Waals surface area contributed by atoms with Gasteiger partial charge in [0.2, 0.25) is 0 Å². The lowest BCUT2D eigenvalue weighted by atomic mass is 9.70. The van der Waals surface area contributed by atoms with Crippen LogP contribution in [0.1, 0.15) is 45.6 Å². The fourth-order valence-electron chi connectivity index (χ4n) is 5.21. The molecule has 0 saturated heterocycles. The fraction of sp³-hybridized carbons (Fsp3) is 0.346. The van der Waals surface area contributed by atoms with Crippen molar-refractivity contribution in [1.29, 1.82) is 0 Å². The molecular weight excluding hydrogens is 567 g/mol. The zero-order chi connectivity index (χ0) is 25.6. The van der Waals surface area contributed by atoms with Gasteiger partial charge in [-0.3, -0.25) is 9.69 Å². The number of aromatic nitrogens is 2. The third-order valence-electron chi connectivity index (χ3n) is 7.16. The third-order valence-corrected chi connectivity index (χ3v) is 8.84. The van der Waals surface area contributed by atoms with Crippen molar-refractivity contribution >= 4 is 50.8 Å². The van der Waals surface area contributed by atoms with E-state index in [-0.39, 0.29) is 17.8 Å². The number of ether oxygens (including phenoxy) is 1. The minimum Gasteiger partial charge on any atom is -0.497 e. The number of rotatable bonds is 5. The smallest absolute Gasteiger partial charge is 0.188 e. The van der Waals surface area contributed by atoms with Gasteiger partial charge >= 0.3 is 0 Å². The van der Waals surface area contributed by atoms with Crippen molar-refractivity contribution < 1.29 is 13.9 Å². The molecule has 2 heterocycles. The van der Waals surface area contributed by atoms with Crippen LogP contribution in [0.4, 0.5) is 10.1 Å². The van der Waals surface area contributed by atoms with Gasteiger partial charge in [-0.25, -0.2) is 14.4 Å². The second-order valence-corrected chi connectivity index (χ2v) is 11.0. The highest BCUT2D eigenvalue weighted by atomic mass is 79.9. The van der Waals surface area contributed by atoms with Crippen LogP contribution in [0.3, 0.4) is 0 Å². The maximum Gasteiger partial charge on any atom is 0.188 e. The summed E-state index contributed by atoms with van der Waals surface area (Å²) in [7, 11) is 3.61. The normalized spacial score (nSPS) is 19.2. The van der Waals surface area contributed by atoms with Crippen LogP contribution in [0.5, 0.6) is 5.75 Å². The molecular formula is C26H25BrClFN4O2S. The molecule has 1 atom stereocenters. The standard InChI is InChI=1S/C26H25BrClFN4O2S/c1-33-13-16-19(31-25(36-3)32-24(16)28)11-26(33)9-8-20(34)21-17(29)10-18(23(27)22(21)26)30-12-14-4-6-15(35-2)7-5-14/h4-7,10,30H,8-9,11-13H2,1-3H3. The van der Waals surface area contributed by atoms with Crippen molar-refractivity contribution in [2.75, 3.05) is 25.7 Å². The van der Waals surface area contributed by atoms with Crippen molar-refractivity contribution in [3.63, 3.8) is 0 Å². The largest absolute Gasteiger partial charge is 0.497 e. The van der Waals surface area contributed by atoms with Gasteiger partial charge in [0.05, 0.1) is 29.6 Å². The molecule has 0 amide bonds. The molecule has 1 aliphatic heterocycles. The minimum atomic E-state index is -0.610. The molecule has 1 aliphatic carbocycles. The zero-order valence-electron chi connectivity index (χ0n) is 20.1. The van der Waals surface area contributed by atoms with E-state index in [2.05, 4.69) is 31.1 Å². The molecule has 5 rings (SSSR count). The van der Waals surface area contributed by atoms with Crippen LogP contribution in [-0.2, 0) is 25.0 Å². The number of thioether (sulfide) groups is 1. The first-order valence-corrected chi connectivity index (χ1v) is 13.9. The predicted octanol–water partition coefficient (Wildman–Crippen LogP) is 6.23. The van der Waals surface area contributed by atoms with Gasteiger partial charge < -0.3 is 10.1 Å². The first kappa shape index (κ1) is 25.4. The summed E-state index contributed by atoms with van der Waals surface area (Å²) in [4.78, 5) is 24.3. The van der Waals surface area contributed by atoms with Gasteiger partial charge in [-0.05, 0) is 59.4 Å². The highest BCUT2D eigenvalue weighted by Crippen LogP contribution is 2.51. The maximum atomic E-state index is 15.6. The van der Waals surface area contributed by atoms with E-state index in [1.165, 1.54) is 17.8 Å². The zero-order valence-corrected chi connectivity index (χ0v) is 23.3. The number of benzene rings is 2. The van der Waals surface area contributed by atoms with Crippen LogP contribution in [-0.4, -0.2) is 41.1 Å². The Morgan fingerprint density at radius 1 is 1.31 bits per heavy atom. The Morgan fingerprint density at radius 3 is 2.75 bits per heavy atom. The van der Waals surface area contributed by atoms with Crippen LogP contribution in [0.15, 0.2) is 40.0 Å². The number of carbonyl (C=O) groups is 1. The number of hydrogen-bond donors (Lipinski definition) is 1. The maximum absolute atomic E-state index is 15.6. The van der Waals surface area contributed by atoms with Crippen LogP contribution in [0, 0.1) is 5.82 Å². The lowest BCUT2D eigenvalue weighted by Crippen LogP contribution is -2.52. The molecule has 1 unspecified atom stereocenters. The Balaban J connectivity index is 1.58. The second-order valence-electron chi connectivity index (χ2n) is 9.09. The average Bonchev–Trinajstić information content (AvgIpc) is 2.88. The number of fused-ring (bicyclic) bond motifs is 3. The molecule has 2 aliphatic rings. The highest BCUT2D eigenvalue weighted by Gasteiger charge is 2.49. The summed E-state index contributed by atoms with van der Waals surface area (Å²) in [5, 5.41) is 4.39. The molecule has 0 bridgehead atoms. The second kappa shape index (κ2) is 9.93. The Labute approximate surface area is 227 Å². The van der Waals surface area contributed by atoms with Crippen LogP contribution in [0.2, 0.25) is 5.15 Å². The number of likely N-dealkylation sites (N-methyl/N-ethyl adjacent to an activating group) is 1. The fourth-order valence-corrected chi connectivity index (χ4v) is 6.71. The van der Waals surface area contributed by atoms with E-state index in [1.54, 1.807) is 7.11 Å². The van der Waals surface area contributed by atoms with E-state index in [0.717, 1.165) is 22.6 Å². The molecule has 0 fully saturated rings. The van der Waals surface area contributed by atoms with E-state index >= 15 is 4.39 Å². The first-order chi connectivity index (χ1) is 17.3. The van der Waals surface area contributed by atoms with E-state index < -0.39 is 11.4 Å². The molecule has 1 spiro atoms. The number of nitrogens with one attached hydrogen (secondary N) is 1. The van der Waals surface area contributed by atoms with Crippen molar-refractivity contribution in [3.05, 3.63) is 73.7 Å². The summed E-state index contributed by atoms with van der Waals surface area (Å²) in [6.07, 6.45) is 3.24. The van der Waals surface area contributed by atoms with Crippen molar-refractivity contribution in [2.45, 2.75) is 43.0 Å². The Kier molecular flexibility index (Phi) is 7.02. The summed E-state index contributed by atoms with van der Waals surface area (Å²) in [6, 6.07) is 9.09. The molecule has 188 valence electrons. The van der Waals surface area contributed by atoms with Crippen LogP contribution in [0.25, 0.3) is 0 Å². The van der Waals surface area contributed by atoms with Crippen LogP contribution < -0.4 is 10.1 Å². The van der Waals surface area contributed by atoms with Gasteiger partial charge in [-0.2, -0.15) is 0 Å². The number of anilines is 1. The summed E-state index contributed by atoms with van der Waals surface area (Å²) in [5.41, 5.74) is 3.56. The third kappa shape index (κ3) is 4.30. The molecule has 6 nitrogen and oxygen atoms in total. The molecule has 2 aromatic carbocycles. The Hall–Kier alpha value is -2.20. The predicted molar refractivity (Wildman–Crippen MR) is 144 cm³/mol. The van der Waals surface area contributed by atoms with Crippen LogP contribution >= 0.6 is 39.3 Å². The number of Topliss-reactive ketones (excluding diaryl/α,β-unsaturated/α-hetero) is 1. The summed E-state index contributed by atoms with van der Waals surface area (Å²) in [5.74, 6) is 0.0776. The quantitative estimate of drug-likeness (QED) is 0.214. The number of carbonyl (C=O) groups excluding carboxylic acids is 1. The summed E-state index contributed by atoms with van der Waals surface area (Å²) >= 11 is 11.7. The minimum absolute atomic E-state index is 0.156. The summed E-state index contributed by atoms with van der Waals surface area (Å²) in [6.45, 7) is 0.994. The van der Waals surface area contributed by atoms with E-state index in [1.807, 2.05) is 37.6 Å². The number of halogens is 3. The molecule has 10 heteroatoms. The topological polar surface area (TPSA) is 67.3 Å². The van der Waals surface area contributed by atoms with Crippen molar-refractivity contribution in [3.8, 4) is 5.75 Å². The SMILES string of the molecule is COc1ccc(CNc2cc(F)c3c(c2Br)C2(CCC3=O)Cc3nc(SC)nc(Cl)c3CN2C)cc1. The lowest BCUT2D eigenvalue weighted by Gasteiger charge is -2.49. The molecule has 0 radical (unpaired) electrons. The van der Waals surface area contributed by atoms with E-state index in [0.29, 0.717) is 52.0 Å².